The molecule has 0 atom stereocenters. The van der Waals surface area contributed by atoms with Crippen molar-refractivity contribution in [3.63, 3.8) is 0 Å². The molecule has 0 bridgehead atoms. The molecule has 2 rings (SSSR count). The molecule has 3 N–H and O–H groups in total. The summed E-state index contributed by atoms with van der Waals surface area (Å²) in [5.74, 6) is 0.285. The van der Waals surface area contributed by atoms with Crippen LogP contribution in [0.1, 0.15) is 44.1 Å². The van der Waals surface area contributed by atoms with Gasteiger partial charge >= 0.3 is 0 Å². The van der Waals surface area contributed by atoms with E-state index in [1.54, 1.807) is 12.1 Å². The fourth-order valence-corrected chi connectivity index (χ4v) is 2.60. The molecule has 100 valence electrons. The summed E-state index contributed by atoms with van der Waals surface area (Å²) in [5, 5.41) is 9.37. The van der Waals surface area contributed by atoms with E-state index in [9.17, 15) is 5.11 Å². The van der Waals surface area contributed by atoms with Crippen molar-refractivity contribution in [3.8, 4) is 5.75 Å². The second-order valence-electron chi connectivity index (χ2n) is 5.44. The molecule has 0 heterocycles. The lowest BCUT2D eigenvalue weighted by Gasteiger charge is -2.27. The summed E-state index contributed by atoms with van der Waals surface area (Å²) in [5.41, 5.74) is 7.23. The van der Waals surface area contributed by atoms with Gasteiger partial charge < -0.3 is 15.6 Å². The molecule has 0 aliphatic heterocycles. The van der Waals surface area contributed by atoms with Gasteiger partial charge in [-0.1, -0.05) is 37.8 Å². The molecule has 0 aromatic heterocycles. The molecule has 0 spiro atoms. The quantitative estimate of drug-likeness (QED) is 0.807. The van der Waals surface area contributed by atoms with Gasteiger partial charge in [-0.05, 0) is 30.5 Å². The van der Waals surface area contributed by atoms with Crippen LogP contribution in [0.15, 0.2) is 24.3 Å². The van der Waals surface area contributed by atoms with Gasteiger partial charge in [0.05, 0.1) is 13.2 Å². The van der Waals surface area contributed by atoms with Crippen LogP contribution in [0.25, 0.3) is 0 Å². The van der Waals surface area contributed by atoms with E-state index in [4.69, 9.17) is 10.5 Å². The van der Waals surface area contributed by atoms with Gasteiger partial charge in [0.15, 0.2) is 0 Å². The molecule has 3 heteroatoms. The second kappa shape index (κ2) is 6.21. The van der Waals surface area contributed by atoms with Crippen LogP contribution in [0.5, 0.6) is 5.75 Å². The normalized spacial score (nSPS) is 19.4. The average Bonchev–Trinajstić information content (AvgIpc) is 2.55. The minimum atomic E-state index is -0.146. The third-order valence-corrected chi connectivity index (χ3v) is 3.67. The molecular formula is C15H23NO2. The van der Waals surface area contributed by atoms with Crippen LogP contribution < -0.4 is 5.73 Å². The third kappa shape index (κ3) is 4.00. The molecule has 1 saturated carbocycles. The minimum absolute atomic E-state index is 0.146. The van der Waals surface area contributed by atoms with Gasteiger partial charge in [0.25, 0.3) is 0 Å². The van der Waals surface area contributed by atoms with Gasteiger partial charge in [-0.25, -0.2) is 0 Å². The maximum atomic E-state index is 9.37. The number of benzene rings is 1. The van der Waals surface area contributed by atoms with E-state index < -0.39 is 0 Å². The van der Waals surface area contributed by atoms with Crippen LogP contribution in [0.4, 0.5) is 0 Å². The Kier molecular flexibility index (Phi) is 4.61. The van der Waals surface area contributed by atoms with E-state index in [1.807, 2.05) is 12.1 Å². The summed E-state index contributed by atoms with van der Waals surface area (Å²) in [6.45, 7) is 1.13. The van der Waals surface area contributed by atoms with Crippen LogP contribution in [-0.2, 0) is 11.3 Å². The highest BCUT2D eigenvalue weighted by atomic mass is 16.5. The predicted molar refractivity (Wildman–Crippen MR) is 72.4 cm³/mol. The highest BCUT2D eigenvalue weighted by molar-refractivity contribution is 5.26. The summed E-state index contributed by atoms with van der Waals surface area (Å²) < 4.78 is 5.74. The zero-order valence-corrected chi connectivity index (χ0v) is 10.9. The maximum Gasteiger partial charge on any atom is 0.115 e. The highest BCUT2D eigenvalue weighted by Crippen LogP contribution is 2.25. The Labute approximate surface area is 109 Å². The van der Waals surface area contributed by atoms with Crippen LogP contribution in [0, 0.1) is 0 Å². The number of aromatic hydroxyl groups is 1. The Bertz CT molecular complexity index is 371. The first-order valence-electron chi connectivity index (χ1n) is 6.83. The SMILES string of the molecule is NC1(COCc2cccc(O)c2)CCCCCC1. The third-order valence-electron chi connectivity index (χ3n) is 3.67. The Morgan fingerprint density at radius 2 is 1.89 bits per heavy atom. The highest BCUT2D eigenvalue weighted by Gasteiger charge is 2.26. The monoisotopic (exact) mass is 249 g/mol. The van der Waals surface area contributed by atoms with Crippen LogP contribution >= 0.6 is 0 Å². The number of phenols is 1. The van der Waals surface area contributed by atoms with E-state index >= 15 is 0 Å². The number of nitrogens with two attached hydrogens (primary N) is 1. The van der Waals surface area contributed by atoms with Crippen LogP contribution in [0.3, 0.4) is 0 Å². The summed E-state index contributed by atoms with van der Waals surface area (Å²) in [7, 11) is 0. The zero-order chi connectivity index (χ0) is 12.8. The summed E-state index contributed by atoms with van der Waals surface area (Å²) in [6, 6.07) is 7.18. The fraction of sp³-hybridized carbons (Fsp3) is 0.600. The number of hydrogen-bond acceptors (Lipinski definition) is 3. The number of hydrogen-bond donors (Lipinski definition) is 2. The Hall–Kier alpha value is -1.06. The predicted octanol–water partition coefficient (Wildman–Crippen LogP) is 2.96. The van der Waals surface area contributed by atoms with Crippen molar-refractivity contribution in [1.29, 1.82) is 0 Å². The fourth-order valence-electron chi connectivity index (χ4n) is 2.60. The van der Waals surface area contributed by atoms with Crippen molar-refractivity contribution in [2.45, 2.75) is 50.7 Å². The molecule has 1 aliphatic carbocycles. The zero-order valence-electron chi connectivity index (χ0n) is 10.9. The second-order valence-corrected chi connectivity index (χ2v) is 5.44. The van der Waals surface area contributed by atoms with E-state index in [0.29, 0.717) is 13.2 Å². The maximum absolute atomic E-state index is 9.37. The average molecular weight is 249 g/mol. The summed E-state index contributed by atoms with van der Waals surface area (Å²) in [6.07, 6.45) is 7.15. The lowest BCUT2D eigenvalue weighted by atomic mass is 9.93. The Morgan fingerprint density at radius 3 is 2.56 bits per heavy atom. The standard InChI is InChI=1S/C15H23NO2/c16-15(8-3-1-2-4-9-15)12-18-11-13-6-5-7-14(17)10-13/h5-7,10,17H,1-4,8-9,11-12,16H2. The van der Waals surface area contributed by atoms with Crippen molar-refractivity contribution in [2.24, 2.45) is 5.73 Å². The molecule has 1 fully saturated rings. The topological polar surface area (TPSA) is 55.5 Å². The Balaban J connectivity index is 1.80. The van der Waals surface area contributed by atoms with Gasteiger partial charge in [0.1, 0.15) is 5.75 Å². The molecule has 0 saturated heterocycles. The number of ether oxygens (including phenoxy) is 1. The smallest absolute Gasteiger partial charge is 0.115 e. The van der Waals surface area contributed by atoms with Crippen molar-refractivity contribution < 1.29 is 9.84 Å². The van der Waals surface area contributed by atoms with Crippen LogP contribution in [0.2, 0.25) is 0 Å². The minimum Gasteiger partial charge on any atom is -0.508 e. The molecule has 18 heavy (non-hydrogen) atoms. The number of phenolic OH excluding ortho intramolecular Hbond substituents is 1. The lowest BCUT2D eigenvalue weighted by molar-refractivity contribution is 0.0666. The first kappa shape index (κ1) is 13.4. The molecule has 1 aromatic carbocycles. The van der Waals surface area contributed by atoms with E-state index in [-0.39, 0.29) is 11.3 Å². The van der Waals surface area contributed by atoms with E-state index in [0.717, 1.165) is 18.4 Å². The van der Waals surface area contributed by atoms with Gasteiger partial charge in [-0.2, -0.15) is 0 Å². The molecule has 0 radical (unpaired) electrons. The first-order valence-corrected chi connectivity index (χ1v) is 6.83. The van der Waals surface area contributed by atoms with Crippen LogP contribution in [-0.4, -0.2) is 17.3 Å². The lowest BCUT2D eigenvalue weighted by Crippen LogP contribution is -2.43. The van der Waals surface area contributed by atoms with E-state index in [2.05, 4.69) is 0 Å². The van der Waals surface area contributed by atoms with Gasteiger partial charge in [0, 0.05) is 5.54 Å². The first-order chi connectivity index (χ1) is 8.68. The number of rotatable bonds is 4. The summed E-state index contributed by atoms with van der Waals surface area (Å²) in [4.78, 5) is 0. The summed E-state index contributed by atoms with van der Waals surface area (Å²) >= 11 is 0. The molecule has 1 aliphatic rings. The molecule has 0 unspecified atom stereocenters. The molecule has 0 amide bonds. The van der Waals surface area contributed by atoms with E-state index in [1.165, 1.54) is 25.7 Å². The van der Waals surface area contributed by atoms with Crippen molar-refractivity contribution in [1.82, 2.24) is 0 Å². The van der Waals surface area contributed by atoms with Crippen molar-refractivity contribution in [2.75, 3.05) is 6.61 Å². The Morgan fingerprint density at radius 1 is 1.17 bits per heavy atom. The molecule has 3 nitrogen and oxygen atoms in total. The van der Waals surface area contributed by atoms with Crippen molar-refractivity contribution >= 4 is 0 Å². The molecule has 1 aromatic rings. The van der Waals surface area contributed by atoms with Crippen molar-refractivity contribution in [3.05, 3.63) is 29.8 Å². The molecular weight excluding hydrogens is 226 g/mol. The van der Waals surface area contributed by atoms with Gasteiger partial charge in [-0.3, -0.25) is 0 Å². The van der Waals surface area contributed by atoms with Gasteiger partial charge in [0.2, 0.25) is 0 Å². The largest absolute Gasteiger partial charge is 0.508 e. The van der Waals surface area contributed by atoms with Gasteiger partial charge in [-0.15, -0.1) is 0 Å².